The van der Waals surface area contributed by atoms with Crippen LogP contribution >= 0.6 is 22.6 Å². The van der Waals surface area contributed by atoms with Crippen LogP contribution in [0.25, 0.3) is 0 Å². The van der Waals surface area contributed by atoms with Crippen molar-refractivity contribution in [3.8, 4) is 40.2 Å². The number of nitrogens with one attached hydrogen (secondary N) is 2. The molecule has 12 rings (SSSR count). The minimum absolute atomic E-state index is 0. The van der Waals surface area contributed by atoms with Crippen molar-refractivity contribution in [2.45, 2.75) is 30.3 Å². The summed E-state index contributed by atoms with van der Waals surface area (Å²) in [4.78, 5) is 50.3. The summed E-state index contributed by atoms with van der Waals surface area (Å²) in [6.45, 7) is 0. The van der Waals surface area contributed by atoms with E-state index in [9.17, 15) is 34.5 Å². The number of fused-ring (bicyclic) bond motifs is 1. The predicted molar refractivity (Wildman–Crippen MR) is 384 cm³/mol. The van der Waals surface area contributed by atoms with E-state index in [1.165, 1.54) is 42.5 Å². The molecular weight excluding hydrogens is 1330 g/mol. The average Bonchev–Trinajstić information content (AvgIpc) is 1.50. The molecule has 4 atom stereocenters. The first-order valence-corrected chi connectivity index (χ1v) is 31.8. The van der Waals surface area contributed by atoms with E-state index in [2.05, 4.69) is 33.2 Å². The number of hydrogen-bond donors (Lipinski definition) is 10. The number of nitrogen functional groups attached to an aromatic ring is 1. The van der Waals surface area contributed by atoms with E-state index in [1.807, 2.05) is 199 Å². The van der Waals surface area contributed by atoms with Gasteiger partial charge >= 0.3 is 5.97 Å². The van der Waals surface area contributed by atoms with E-state index in [4.69, 9.17) is 35.6 Å². The number of carboxylic acid groups (broad SMARTS) is 1. The molecule has 0 bridgehead atoms. The van der Waals surface area contributed by atoms with Crippen LogP contribution < -0.4 is 25.8 Å². The van der Waals surface area contributed by atoms with Crippen molar-refractivity contribution in [2.24, 2.45) is 0 Å². The summed E-state index contributed by atoms with van der Waals surface area (Å²) in [5.74, 6) is -1.07. The smallest absolute Gasteiger partial charge is 0.337 e. The standard InChI is InChI=1S/C22H21NO3.C20H17NO3.C15H12O2.C8H8O3.C6H7N.C6H6O2.CH3I.H2O/c1-25-18-13-14-20(26-2)19(15-18)21(16-9-5-3-6-10-16)22(24)23-17-11-7-4-8-12-17;22-16-11-12-18(23)17(13-16)19(14-7-3-1-4-8-14)20(24)21-15-9-5-2-6-10-15;16-12-7-6-11-8-14(17)15(13(11)9-12)10-4-2-1-3-5-10;9-7(8(10)11)6-4-2-1-3-5-6;7-6-4-2-1-3-5-6;7-5-1-2-6(8)4-3-5;1-2;/h3-15,21H,1-2H3,(H,23,24);1-13,19,22-23H,(H,21,24);1-7,9,15-16H,8H2;1-5,7,9H,(H,10,11);1-5H,7H2;1-4,7-8H;1H3;1H2. The first-order chi connectivity index (χ1) is 46.0. The van der Waals surface area contributed by atoms with Crippen LogP contribution in [0.15, 0.2) is 291 Å². The minimum Gasteiger partial charge on any atom is -0.508 e. The number of aromatic hydroxyl groups is 5. The van der Waals surface area contributed by atoms with E-state index in [0.29, 0.717) is 34.7 Å². The number of carbonyl (C=O) groups excluding carboxylic acids is 3. The number of anilines is 3. The Balaban J connectivity index is 0.000000219. The van der Waals surface area contributed by atoms with Gasteiger partial charge in [0.25, 0.3) is 0 Å². The maximum Gasteiger partial charge on any atom is 0.337 e. The zero-order valence-electron chi connectivity index (χ0n) is 52.8. The number of nitrogens with two attached hydrogens (primary N) is 1. The van der Waals surface area contributed by atoms with Crippen molar-refractivity contribution >= 4 is 63.2 Å². The summed E-state index contributed by atoms with van der Waals surface area (Å²) >= 11 is 2.15. The number of ether oxygens (including phenoxy) is 2. The number of hydrogen-bond acceptors (Lipinski definition) is 13. The number of phenols is 5. The molecule has 1 aliphatic rings. The first kappa shape index (κ1) is 75.3. The number of aliphatic hydroxyl groups excluding tert-OH is 1. The highest BCUT2D eigenvalue weighted by atomic mass is 127. The molecule has 13 N–H and O–H groups in total. The lowest BCUT2D eigenvalue weighted by Crippen LogP contribution is -2.22. The van der Waals surface area contributed by atoms with Crippen LogP contribution in [0.5, 0.6) is 40.2 Å². The number of alkyl halides is 1. The number of Topliss-reactive ketones (excluding diaryl/α,β-unsaturated/α-hetero) is 1. The normalized spacial score (nSPS) is 12.1. The van der Waals surface area contributed by atoms with Crippen molar-refractivity contribution in [3.05, 3.63) is 336 Å². The first-order valence-electron chi connectivity index (χ1n) is 29.6. The molecule has 2 amide bonds. The quantitative estimate of drug-likeness (QED) is 0.0222. The van der Waals surface area contributed by atoms with Crippen LogP contribution in [0.4, 0.5) is 17.1 Å². The third-order valence-corrected chi connectivity index (χ3v) is 14.2. The van der Waals surface area contributed by atoms with Crippen molar-refractivity contribution in [3.63, 3.8) is 0 Å². The fraction of sp³-hybridized carbons (Fsp3) is 0.103. The van der Waals surface area contributed by atoms with E-state index < -0.39 is 23.9 Å². The van der Waals surface area contributed by atoms with E-state index in [-0.39, 0.29) is 57.7 Å². The van der Waals surface area contributed by atoms with Gasteiger partial charge in [0.2, 0.25) is 11.8 Å². The van der Waals surface area contributed by atoms with Crippen LogP contribution in [0.3, 0.4) is 0 Å². The van der Waals surface area contributed by atoms with Gasteiger partial charge in [-0.3, -0.25) is 14.4 Å². The second-order valence-electron chi connectivity index (χ2n) is 20.7. The lowest BCUT2D eigenvalue weighted by molar-refractivity contribution is -0.147. The molecule has 17 nitrogen and oxygen atoms in total. The molecule has 18 heteroatoms. The minimum atomic E-state index is -1.41. The third kappa shape index (κ3) is 23.3. The van der Waals surface area contributed by atoms with Crippen LogP contribution in [-0.2, 0) is 25.6 Å². The molecule has 0 aliphatic heterocycles. The molecule has 494 valence electrons. The highest BCUT2D eigenvalue weighted by Gasteiger charge is 2.32. The Hall–Kier alpha value is -11.5. The Kier molecular flexibility index (Phi) is 31.2. The van der Waals surface area contributed by atoms with Gasteiger partial charge in [-0.1, -0.05) is 205 Å². The van der Waals surface area contributed by atoms with Crippen molar-refractivity contribution < 1.29 is 69.9 Å². The molecule has 96 heavy (non-hydrogen) atoms. The van der Waals surface area contributed by atoms with E-state index >= 15 is 0 Å². The Morgan fingerprint density at radius 2 is 0.865 bits per heavy atom. The van der Waals surface area contributed by atoms with Crippen molar-refractivity contribution in [1.82, 2.24) is 0 Å². The number of ketones is 1. The van der Waals surface area contributed by atoms with Crippen LogP contribution in [0.1, 0.15) is 68.4 Å². The molecule has 1 aliphatic carbocycles. The molecular formula is C78H76IN3O14. The molecule has 0 spiro atoms. The zero-order chi connectivity index (χ0) is 68.5. The van der Waals surface area contributed by atoms with Gasteiger partial charge in [0.05, 0.1) is 32.0 Å². The zero-order valence-corrected chi connectivity index (χ0v) is 54.9. The van der Waals surface area contributed by atoms with Gasteiger partial charge in [0.15, 0.2) is 6.10 Å². The second-order valence-corrected chi connectivity index (χ2v) is 20.7. The fourth-order valence-corrected chi connectivity index (χ4v) is 9.72. The SMILES string of the molecule is CI.COc1ccc(OC)c(C(C(=O)Nc2ccccc2)c2ccccc2)c1.Nc1ccccc1.O.O=C(Nc1ccccc1)C(c1ccccc1)c1cc(O)ccc1O.O=C(O)C(O)c1ccccc1.O=C1Cc2ccc(O)cc2C1c1ccccc1.Oc1ccc(O)cc1. The summed E-state index contributed by atoms with van der Waals surface area (Å²) in [5, 5.41) is 70.0. The number of benzene rings is 11. The van der Waals surface area contributed by atoms with Crippen LogP contribution in [-0.4, -0.2) is 83.9 Å². The van der Waals surface area contributed by atoms with E-state index in [0.717, 1.165) is 44.8 Å². The summed E-state index contributed by atoms with van der Waals surface area (Å²) < 4.78 is 10.9. The van der Waals surface area contributed by atoms with Crippen LogP contribution in [0.2, 0.25) is 0 Å². The van der Waals surface area contributed by atoms with Gasteiger partial charge in [-0.2, -0.15) is 0 Å². The lowest BCUT2D eigenvalue weighted by Gasteiger charge is -2.21. The summed E-state index contributed by atoms with van der Waals surface area (Å²) in [6, 6.07) is 85.4. The Labute approximate surface area is 571 Å². The van der Waals surface area contributed by atoms with E-state index in [1.54, 1.807) is 68.8 Å². The molecule has 0 saturated heterocycles. The maximum atomic E-state index is 13.2. The summed E-state index contributed by atoms with van der Waals surface area (Å²) in [6.07, 6.45) is -0.939. The number of rotatable bonds is 13. The molecule has 11 aromatic rings. The number of aliphatic hydroxyl groups is 1. The molecule has 0 aromatic heterocycles. The number of para-hydroxylation sites is 3. The molecule has 4 unspecified atom stereocenters. The Morgan fingerprint density at radius 1 is 0.469 bits per heavy atom. The second kappa shape index (κ2) is 39.8. The molecule has 0 heterocycles. The van der Waals surface area contributed by atoms with Gasteiger partial charge in [-0.15, -0.1) is 0 Å². The Morgan fingerprint density at radius 3 is 1.29 bits per heavy atom. The number of halogens is 1. The Bertz CT molecular complexity index is 4090. The van der Waals surface area contributed by atoms with Crippen molar-refractivity contribution in [1.29, 1.82) is 0 Å². The maximum absolute atomic E-state index is 13.2. The van der Waals surface area contributed by atoms with Gasteiger partial charge in [-0.05, 0) is 148 Å². The average molecular weight is 1410 g/mol. The highest BCUT2D eigenvalue weighted by molar-refractivity contribution is 14.1. The predicted octanol–water partition coefficient (Wildman–Crippen LogP) is 14.4. The number of amides is 2. The monoisotopic (exact) mass is 1410 g/mol. The topological polar surface area (TPSA) is 310 Å². The summed E-state index contributed by atoms with van der Waals surface area (Å²) in [7, 11) is 3.20. The number of aliphatic carboxylic acids is 1. The number of phenolic OH excluding ortho intramolecular Hbond substituents is 5. The molecule has 0 fully saturated rings. The molecule has 0 radical (unpaired) electrons. The number of carbonyl (C=O) groups is 4. The molecule has 0 saturated carbocycles. The largest absolute Gasteiger partial charge is 0.508 e. The fourth-order valence-electron chi connectivity index (χ4n) is 9.72. The van der Waals surface area contributed by atoms with Gasteiger partial charge in [-0.25, -0.2) is 4.79 Å². The van der Waals surface area contributed by atoms with Gasteiger partial charge in [0.1, 0.15) is 46.0 Å². The highest BCUT2D eigenvalue weighted by Crippen LogP contribution is 2.39. The van der Waals surface area contributed by atoms with Crippen LogP contribution in [0, 0.1) is 0 Å². The van der Waals surface area contributed by atoms with Gasteiger partial charge in [0, 0.05) is 34.6 Å². The van der Waals surface area contributed by atoms with Gasteiger partial charge < -0.3 is 67.1 Å². The van der Waals surface area contributed by atoms with Crippen molar-refractivity contribution in [2.75, 3.05) is 35.5 Å². The summed E-state index contributed by atoms with van der Waals surface area (Å²) in [5.41, 5.74) is 13.7. The molecule has 11 aromatic carbocycles. The number of methoxy groups -OCH3 is 2. The number of carboxylic acids is 1. The third-order valence-electron chi connectivity index (χ3n) is 14.2. The lowest BCUT2D eigenvalue weighted by atomic mass is 9.89.